The highest BCUT2D eigenvalue weighted by Gasteiger charge is 2.33. The Balaban J connectivity index is 1.95. The molecule has 94 valence electrons. The molecule has 1 aliphatic heterocycles. The van der Waals surface area contributed by atoms with Crippen LogP contribution in [0.2, 0.25) is 0 Å². The zero-order valence-electron chi connectivity index (χ0n) is 11.3. The van der Waals surface area contributed by atoms with Crippen molar-refractivity contribution < 1.29 is 4.74 Å². The highest BCUT2D eigenvalue weighted by atomic mass is 16.5. The summed E-state index contributed by atoms with van der Waals surface area (Å²) in [6, 6.07) is 0.810. The first-order valence-corrected chi connectivity index (χ1v) is 6.95. The summed E-state index contributed by atoms with van der Waals surface area (Å²) in [5, 5.41) is 0. The van der Waals surface area contributed by atoms with Crippen LogP contribution in [0.3, 0.4) is 0 Å². The van der Waals surface area contributed by atoms with Gasteiger partial charge in [0.15, 0.2) is 0 Å². The standard InChI is InChI=1S/C14H27NO/c1-10-5-6-14(11(2)7-10)15-8-12(3)16-13(4)9-15/h10-14H,5-9H2,1-4H3/t10?,11?,12-,13+,14?. The summed E-state index contributed by atoms with van der Waals surface area (Å²) >= 11 is 0. The van der Waals surface area contributed by atoms with Gasteiger partial charge in [0.2, 0.25) is 0 Å². The molecule has 16 heavy (non-hydrogen) atoms. The van der Waals surface area contributed by atoms with Crippen LogP contribution >= 0.6 is 0 Å². The van der Waals surface area contributed by atoms with Crippen LogP contribution in [0.15, 0.2) is 0 Å². The number of rotatable bonds is 1. The highest BCUT2D eigenvalue weighted by Crippen LogP contribution is 2.33. The van der Waals surface area contributed by atoms with E-state index in [0.29, 0.717) is 12.2 Å². The predicted octanol–water partition coefficient (Wildman–Crippen LogP) is 2.92. The minimum absolute atomic E-state index is 0.412. The summed E-state index contributed by atoms with van der Waals surface area (Å²) in [5.74, 6) is 1.79. The first-order valence-electron chi connectivity index (χ1n) is 6.95. The van der Waals surface area contributed by atoms with E-state index in [1.54, 1.807) is 0 Å². The molecule has 0 amide bonds. The summed E-state index contributed by atoms with van der Waals surface area (Å²) < 4.78 is 5.82. The summed E-state index contributed by atoms with van der Waals surface area (Å²) in [4.78, 5) is 2.69. The van der Waals surface area contributed by atoms with E-state index in [9.17, 15) is 0 Å². The van der Waals surface area contributed by atoms with E-state index in [0.717, 1.165) is 31.0 Å². The Kier molecular flexibility index (Phi) is 3.91. The first kappa shape index (κ1) is 12.4. The second-order valence-electron chi connectivity index (χ2n) is 6.17. The molecule has 1 saturated carbocycles. The molecule has 5 atom stereocenters. The van der Waals surface area contributed by atoms with E-state index in [-0.39, 0.29) is 0 Å². The third-order valence-corrected chi connectivity index (χ3v) is 4.30. The molecule has 0 aromatic carbocycles. The van der Waals surface area contributed by atoms with Crippen LogP contribution in [0.25, 0.3) is 0 Å². The molecule has 0 spiro atoms. The van der Waals surface area contributed by atoms with Crippen molar-refractivity contribution in [2.45, 2.75) is 65.2 Å². The van der Waals surface area contributed by atoms with Crippen molar-refractivity contribution in [3.8, 4) is 0 Å². The van der Waals surface area contributed by atoms with Gasteiger partial charge >= 0.3 is 0 Å². The third kappa shape index (κ3) is 2.78. The zero-order valence-corrected chi connectivity index (χ0v) is 11.3. The fourth-order valence-corrected chi connectivity index (χ4v) is 3.68. The summed E-state index contributed by atoms with van der Waals surface area (Å²) in [6.45, 7) is 11.5. The Morgan fingerprint density at radius 2 is 1.56 bits per heavy atom. The molecule has 2 aliphatic rings. The van der Waals surface area contributed by atoms with Crippen molar-refractivity contribution in [3.05, 3.63) is 0 Å². The molecule has 1 saturated heterocycles. The van der Waals surface area contributed by atoms with Crippen LogP contribution in [0.5, 0.6) is 0 Å². The summed E-state index contributed by atoms with van der Waals surface area (Å²) in [5.41, 5.74) is 0. The maximum absolute atomic E-state index is 5.82. The zero-order chi connectivity index (χ0) is 11.7. The second kappa shape index (κ2) is 5.05. The Morgan fingerprint density at radius 3 is 2.12 bits per heavy atom. The van der Waals surface area contributed by atoms with Gasteiger partial charge in [-0.3, -0.25) is 4.90 Å². The second-order valence-corrected chi connectivity index (χ2v) is 6.17. The van der Waals surface area contributed by atoms with Crippen LogP contribution in [0, 0.1) is 11.8 Å². The molecule has 3 unspecified atom stereocenters. The third-order valence-electron chi connectivity index (χ3n) is 4.30. The molecule has 0 aromatic heterocycles. The molecular weight excluding hydrogens is 198 g/mol. The van der Waals surface area contributed by atoms with Gasteiger partial charge in [-0.2, -0.15) is 0 Å². The molecule has 1 aliphatic carbocycles. The molecule has 2 rings (SSSR count). The average molecular weight is 225 g/mol. The average Bonchev–Trinajstić information content (AvgIpc) is 2.15. The van der Waals surface area contributed by atoms with E-state index in [2.05, 4.69) is 32.6 Å². The summed E-state index contributed by atoms with van der Waals surface area (Å²) in [7, 11) is 0. The number of ether oxygens (including phenoxy) is 1. The van der Waals surface area contributed by atoms with Crippen molar-refractivity contribution in [2.24, 2.45) is 11.8 Å². The van der Waals surface area contributed by atoms with Gasteiger partial charge < -0.3 is 4.74 Å². The largest absolute Gasteiger partial charge is 0.373 e. The van der Waals surface area contributed by atoms with Gasteiger partial charge in [-0.15, -0.1) is 0 Å². The number of hydrogen-bond donors (Lipinski definition) is 0. The van der Waals surface area contributed by atoms with Gasteiger partial charge in [-0.05, 0) is 44.9 Å². The van der Waals surface area contributed by atoms with Crippen molar-refractivity contribution in [1.29, 1.82) is 0 Å². The van der Waals surface area contributed by atoms with E-state index in [1.165, 1.54) is 19.3 Å². The maximum Gasteiger partial charge on any atom is 0.0678 e. The van der Waals surface area contributed by atoms with E-state index in [4.69, 9.17) is 4.74 Å². The Hall–Kier alpha value is -0.0800. The van der Waals surface area contributed by atoms with Crippen molar-refractivity contribution in [3.63, 3.8) is 0 Å². The number of hydrogen-bond acceptors (Lipinski definition) is 2. The SMILES string of the molecule is CC1CCC(N2C[C@@H](C)O[C@@H](C)C2)C(C)C1. The number of morpholine rings is 1. The Bertz CT molecular complexity index is 221. The lowest BCUT2D eigenvalue weighted by molar-refractivity contribution is -0.0919. The van der Waals surface area contributed by atoms with Crippen LogP contribution < -0.4 is 0 Å². The fourth-order valence-electron chi connectivity index (χ4n) is 3.68. The topological polar surface area (TPSA) is 12.5 Å². The van der Waals surface area contributed by atoms with E-state index in [1.807, 2.05) is 0 Å². The summed E-state index contributed by atoms with van der Waals surface area (Å²) in [6.07, 6.45) is 5.03. The van der Waals surface area contributed by atoms with Gasteiger partial charge in [0.05, 0.1) is 12.2 Å². The molecule has 2 fully saturated rings. The Morgan fingerprint density at radius 1 is 0.938 bits per heavy atom. The molecule has 2 nitrogen and oxygen atoms in total. The van der Waals surface area contributed by atoms with E-state index < -0.39 is 0 Å². The van der Waals surface area contributed by atoms with Gasteiger partial charge in [0.1, 0.15) is 0 Å². The minimum atomic E-state index is 0.412. The van der Waals surface area contributed by atoms with Crippen molar-refractivity contribution in [2.75, 3.05) is 13.1 Å². The lowest BCUT2D eigenvalue weighted by Gasteiger charge is -2.45. The van der Waals surface area contributed by atoms with Crippen LogP contribution in [0.1, 0.15) is 47.0 Å². The molecule has 0 radical (unpaired) electrons. The van der Waals surface area contributed by atoms with Crippen molar-refractivity contribution in [1.82, 2.24) is 4.90 Å². The first-order chi connectivity index (χ1) is 7.56. The fraction of sp³-hybridized carbons (Fsp3) is 1.00. The normalized spacial score (nSPS) is 46.9. The molecule has 1 heterocycles. The molecule has 0 aromatic rings. The predicted molar refractivity (Wildman–Crippen MR) is 67.5 cm³/mol. The molecular formula is C14H27NO. The molecule has 2 heteroatoms. The van der Waals surface area contributed by atoms with Crippen LogP contribution in [0.4, 0.5) is 0 Å². The van der Waals surface area contributed by atoms with Crippen molar-refractivity contribution >= 4 is 0 Å². The molecule has 0 bridgehead atoms. The van der Waals surface area contributed by atoms with Gasteiger partial charge in [0.25, 0.3) is 0 Å². The smallest absolute Gasteiger partial charge is 0.0678 e. The molecule has 0 N–H and O–H groups in total. The van der Waals surface area contributed by atoms with E-state index >= 15 is 0 Å². The number of nitrogens with zero attached hydrogens (tertiary/aromatic N) is 1. The van der Waals surface area contributed by atoms with Gasteiger partial charge in [-0.25, -0.2) is 0 Å². The Labute approximate surface area is 100 Å². The lowest BCUT2D eigenvalue weighted by atomic mass is 9.79. The monoisotopic (exact) mass is 225 g/mol. The quantitative estimate of drug-likeness (QED) is 0.680. The van der Waals surface area contributed by atoms with Gasteiger partial charge in [-0.1, -0.05) is 13.8 Å². The van der Waals surface area contributed by atoms with Crippen LogP contribution in [-0.4, -0.2) is 36.2 Å². The minimum Gasteiger partial charge on any atom is -0.373 e. The van der Waals surface area contributed by atoms with Crippen LogP contribution in [-0.2, 0) is 4.74 Å². The lowest BCUT2D eigenvalue weighted by Crippen LogP contribution is -2.53. The maximum atomic E-state index is 5.82. The van der Waals surface area contributed by atoms with Gasteiger partial charge in [0, 0.05) is 19.1 Å². The highest BCUT2D eigenvalue weighted by molar-refractivity contribution is 4.86.